The Morgan fingerprint density at radius 1 is 1.30 bits per heavy atom. The SMILES string of the molecule is CN=C(NCCc1ccco1)NCc1ccc(C)s1.I. The van der Waals surface area contributed by atoms with Crippen LogP contribution in [0.5, 0.6) is 0 Å². The number of aliphatic imine (C=N–C) groups is 1. The second-order valence-corrected chi connectivity index (χ2v) is 5.57. The van der Waals surface area contributed by atoms with Crippen molar-refractivity contribution in [3.63, 3.8) is 0 Å². The van der Waals surface area contributed by atoms with E-state index in [2.05, 4.69) is 34.7 Å². The molecule has 6 heteroatoms. The lowest BCUT2D eigenvalue weighted by molar-refractivity contribution is 0.507. The topological polar surface area (TPSA) is 49.6 Å². The van der Waals surface area contributed by atoms with Crippen LogP contribution in [0.15, 0.2) is 39.9 Å². The highest BCUT2D eigenvalue weighted by Gasteiger charge is 2.01. The van der Waals surface area contributed by atoms with Crippen LogP contribution < -0.4 is 10.6 Å². The maximum absolute atomic E-state index is 5.28. The monoisotopic (exact) mass is 405 g/mol. The molecule has 0 aliphatic carbocycles. The first kappa shape index (κ1) is 17.0. The van der Waals surface area contributed by atoms with Crippen LogP contribution in [0.3, 0.4) is 0 Å². The molecule has 2 aromatic rings. The maximum Gasteiger partial charge on any atom is 0.191 e. The predicted octanol–water partition coefficient (Wildman–Crippen LogP) is 3.18. The highest BCUT2D eigenvalue weighted by molar-refractivity contribution is 14.0. The van der Waals surface area contributed by atoms with Gasteiger partial charge >= 0.3 is 0 Å². The maximum atomic E-state index is 5.28. The standard InChI is InChI=1S/C14H19N3OS.HI/c1-11-5-6-13(19-11)10-17-14(15-2)16-8-7-12-4-3-9-18-12;/h3-6,9H,7-8,10H2,1-2H3,(H2,15,16,17);1H. The van der Waals surface area contributed by atoms with Crippen LogP contribution in [0, 0.1) is 6.92 Å². The van der Waals surface area contributed by atoms with Gasteiger partial charge in [-0.25, -0.2) is 0 Å². The van der Waals surface area contributed by atoms with Crippen LogP contribution in [0.1, 0.15) is 15.5 Å². The van der Waals surface area contributed by atoms with Crippen LogP contribution in [0.2, 0.25) is 0 Å². The number of guanidine groups is 1. The van der Waals surface area contributed by atoms with Crippen LogP contribution in [-0.2, 0) is 13.0 Å². The summed E-state index contributed by atoms with van der Waals surface area (Å²) in [4.78, 5) is 6.84. The Morgan fingerprint density at radius 2 is 2.15 bits per heavy atom. The number of hydrogen-bond donors (Lipinski definition) is 2. The Balaban J connectivity index is 0.00000200. The molecule has 0 saturated heterocycles. The van der Waals surface area contributed by atoms with Crippen molar-refractivity contribution in [2.45, 2.75) is 19.9 Å². The Bertz CT molecular complexity index is 522. The fraction of sp³-hybridized carbons (Fsp3) is 0.357. The van der Waals surface area contributed by atoms with Crippen molar-refractivity contribution < 1.29 is 4.42 Å². The van der Waals surface area contributed by atoms with E-state index in [0.29, 0.717) is 0 Å². The van der Waals surface area contributed by atoms with Gasteiger partial charge in [0.25, 0.3) is 0 Å². The number of rotatable bonds is 5. The van der Waals surface area contributed by atoms with E-state index in [1.807, 2.05) is 12.1 Å². The molecule has 2 heterocycles. The molecule has 0 aliphatic rings. The van der Waals surface area contributed by atoms with Crippen molar-refractivity contribution in [3.8, 4) is 0 Å². The lowest BCUT2D eigenvalue weighted by Crippen LogP contribution is -2.37. The van der Waals surface area contributed by atoms with Gasteiger partial charge in [-0.05, 0) is 31.2 Å². The first-order valence-electron chi connectivity index (χ1n) is 6.30. The Hall–Kier alpha value is -1.02. The molecule has 2 N–H and O–H groups in total. The summed E-state index contributed by atoms with van der Waals surface area (Å²) < 4.78 is 5.28. The van der Waals surface area contributed by atoms with Gasteiger partial charge in [-0.2, -0.15) is 0 Å². The molecule has 0 fully saturated rings. The largest absolute Gasteiger partial charge is 0.469 e. The molecule has 0 amide bonds. The Labute approximate surface area is 140 Å². The molecule has 0 saturated carbocycles. The molecular weight excluding hydrogens is 385 g/mol. The van der Waals surface area contributed by atoms with Gasteiger partial charge in [0.15, 0.2) is 5.96 Å². The van der Waals surface area contributed by atoms with E-state index in [1.165, 1.54) is 9.75 Å². The first-order chi connectivity index (χ1) is 9.28. The van der Waals surface area contributed by atoms with Gasteiger partial charge < -0.3 is 15.1 Å². The fourth-order valence-electron chi connectivity index (χ4n) is 1.73. The second-order valence-electron chi connectivity index (χ2n) is 4.19. The van der Waals surface area contributed by atoms with E-state index < -0.39 is 0 Å². The highest BCUT2D eigenvalue weighted by Crippen LogP contribution is 2.14. The van der Waals surface area contributed by atoms with Gasteiger partial charge in [-0.3, -0.25) is 4.99 Å². The molecule has 0 spiro atoms. The number of nitrogens with one attached hydrogen (secondary N) is 2. The average molecular weight is 405 g/mol. The third-order valence-electron chi connectivity index (χ3n) is 2.69. The number of aryl methyl sites for hydroxylation is 1. The minimum Gasteiger partial charge on any atom is -0.469 e. The van der Waals surface area contributed by atoms with Crippen molar-refractivity contribution in [2.24, 2.45) is 4.99 Å². The summed E-state index contributed by atoms with van der Waals surface area (Å²) in [7, 11) is 1.78. The first-order valence-corrected chi connectivity index (χ1v) is 7.12. The number of nitrogens with zero attached hydrogens (tertiary/aromatic N) is 1. The summed E-state index contributed by atoms with van der Waals surface area (Å²) in [5.41, 5.74) is 0. The Morgan fingerprint density at radius 3 is 2.75 bits per heavy atom. The van der Waals surface area contributed by atoms with E-state index in [0.717, 1.165) is 31.2 Å². The van der Waals surface area contributed by atoms with Crippen molar-refractivity contribution in [1.82, 2.24) is 10.6 Å². The normalized spacial score (nSPS) is 11.0. The minimum atomic E-state index is 0. The summed E-state index contributed by atoms with van der Waals surface area (Å²) in [6.07, 6.45) is 2.55. The zero-order valence-electron chi connectivity index (χ0n) is 11.7. The van der Waals surface area contributed by atoms with Gasteiger partial charge in [-0.1, -0.05) is 0 Å². The smallest absolute Gasteiger partial charge is 0.191 e. The molecule has 110 valence electrons. The molecule has 4 nitrogen and oxygen atoms in total. The molecular formula is C14H20IN3OS. The molecule has 0 radical (unpaired) electrons. The summed E-state index contributed by atoms with van der Waals surface area (Å²) in [6.45, 7) is 3.72. The number of hydrogen-bond acceptors (Lipinski definition) is 3. The van der Waals surface area contributed by atoms with E-state index in [1.54, 1.807) is 24.6 Å². The van der Waals surface area contributed by atoms with Crippen LogP contribution in [0.25, 0.3) is 0 Å². The summed E-state index contributed by atoms with van der Waals surface area (Å²) in [5, 5.41) is 6.57. The summed E-state index contributed by atoms with van der Waals surface area (Å²) in [5.74, 6) is 1.80. The molecule has 0 aromatic carbocycles. The Kier molecular flexibility index (Phi) is 7.68. The van der Waals surface area contributed by atoms with Gasteiger partial charge in [0, 0.05) is 29.8 Å². The number of furan rings is 1. The fourth-order valence-corrected chi connectivity index (χ4v) is 2.56. The summed E-state index contributed by atoms with van der Waals surface area (Å²) in [6, 6.07) is 8.16. The van der Waals surface area contributed by atoms with Gasteiger partial charge in [0.05, 0.1) is 12.8 Å². The zero-order chi connectivity index (χ0) is 13.5. The summed E-state index contributed by atoms with van der Waals surface area (Å²) >= 11 is 1.80. The highest BCUT2D eigenvalue weighted by atomic mass is 127. The molecule has 2 aromatic heterocycles. The van der Waals surface area contributed by atoms with E-state index in [9.17, 15) is 0 Å². The number of halogens is 1. The van der Waals surface area contributed by atoms with Crippen LogP contribution in [-0.4, -0.2) is 19.6 Å². The van der Waals surface area contributed by atoms with E-state index in [4.69, 9.17) is 4.42 Å². The number of thiophene rings is 1. The van der Waals surface area contributed by atoms with E-state index >= 15 is 0 Å². The third-order valence-corrected chi connectivity index (χ3v) is 3.69. The van der Waals surface area contributed by atoms with Gasteiger partial charge in [-0.15, -0.1) is 35.3 Å². The molecule has 20 heavy (non-hydrogen) atoms. The predicted molar refractivity (Wildman–Crippen MR) is 95.1 cm³/mol. The minimum absolute atomic E-state index is 0. The van der Waals surface area contributed by atoms with Crippen molar-refractivity contribution in [1.29, 1.82) is 0 Å². The van der Waals surface area contributed by atoms with Crippen molar-refractivity contribution in [3.05, 3.63) is 46.0 Å². The lowest BCUT2D eigenvalue weighted by atomic mass is 10.3. The lowest BCUT2D eigenvalue weighted by Gasteiger charge is -2.10. The van der Waals surface area contributed by atoms with Gasteiger partial charge in [0.1, 0.15) is 5.76 Å². The van der Waals surface area contributed by atoms with Crippen LogP contribution in [0.4, 0.5) is 0 Å². The quantitative estimate of drug-likeness (QED) is 0.457. The average Bonchev–Trinajstić information content (AvgIpc) is 3.05. The third kappa shape index (κ3) is 5.54. The second kappa shape index (κ2) is 9.02. The zero-order valence-corrected chi connectivity index (χ0v) is 14.8. The molecule has 0 aliphatic heterocycles. The molecule has 0 unspecified atom stereocenters. The van der Waals surface area contributed by atoms with Crippen molar-refractivity contribution in [2.75, 3.05) is 13.6 Å². The molecule has 0 bridgehead atoms. The van der Waals surface area contributed by atoms with E-state index in [-0.39, 0.29) is 24.0 Å². The molecule has 0 atom stereocenters. The molecule has 2 rings (SSSR count). The van der Waals surface area contributed by atoms with Crippen LogP contribution >= 0.6 is 35.3 Å². The van der Waals surface area contributed by atoms with Crippen molar-refractivity contribution >= 4 is 41.3 Å². The van der Waals surface area contributed by atoms with Gasteiger partial charge in [0.2, 0.25) is 0 Å².